The second kappa shape index (κ2) is 5.27. The van der Waals surface area contributed by atoms with Gasteiger partial charge in [0, 0.05) is 0 Å². The second-order valence-electron chi connectivity index (χ2n) is 3.37. The Morgan fingerprint density at radius 2 is 1.88 bits per heavy atom. The van der Waals surface area contributed by atoms with Crippen LogP contribution in [0.15, 0.2) is 35.2 Å². The zero-order chi connectivity index (χ0) is 12.2. The fourth-order valence-corrected chi connectivity index (χ4v) is 2.43. The van der Waals surface area contributed by atoms with Gasteiger partial charge in [-0.3, -0.25) is 0 Å². The van der Waals surface area contributed by atoms with Gasteiger partial charge in [0.1, 0.15) is 0 Å². The van der Waals surface area contributed by atoms with Crippen LogP contribution in [0, 0.1) is 0 Å². The molecule has 0 saturated heterocycles. The Bertz CT molecular complexity index is 454. The number of hydrogen-bond acceptors (Lipinski definition) is 4. The van der Waals surface area contributed by atoms with Crippen molar-refractivity contribution in [2.24, 2.45) is 0 Å². The Hall–Kier alpha value is -1.14. The van der Waals surface area contributed by atoms with E-state index in [0.29, 0.717) is 0 Å². The smallest absolute Gasteiger partial charge is 0.271 e. The van der Waals surface area contributed by atoms with Gasteiger partial charge in [-0.25, -0.2) is 13.1 Å². The molecular formula is C10H13NO3S2. The predicted octanol–water partition coefficient (Wildman–Crippen LogP) is 1.67. The van der Waals surface area contributed by atoms with E-state index in [1.807, 2.05) is 0 Å². The van der Waals surface area contributed by atoms with Crippen LogP contribution in [0.3, 0.4) is 0 Å². The van der Waals surface area contributed by atoms with Gasteiger partial charge in [0.15, 0.2) is 0 Å². The highest BCUT2D eigenvalue weighted by molar-refractivity contribution is 7.91. The van der Waals surface area contributed by atoms with Gasteiger partial charge in [-0.2, -0.15) is 0 Å². The van der Waals surface area contributed by atoms with Crippen LogP contribution in [0.1, 0.15) is 13.8 Å². The lowest BCUT2D eigenvalue weighted by atomic mass is 10.4. The molecule has 0 aliphatic heterocycles. The maximum absolute atomic E-state index is 11.7. The van der Waals surface area contributed by atoms with Crippen molar-refractivity contribution in [1.82, 2.24) is 4.72 Å². The standard InChI is InChI=1S/C10H13NO3S2/c1-8(2)14-10(15)11-16(12,13)9-6-4-3-5-7-9/h3-8H,1-2H3,(H,11,15). The van der Waals surface area contributed by atoms with Gasteiger partial charge in [-0.15, -0.1) is 0 Å². The van der Waals surface area contributed by atoms with Gasteiger partial charge in [0.2, 0.25) is 0 Å². The molecule has 1 aromatic rings. The van der Waals surface area contributed by atoms with Gasteiger partial charge in [0.05, 0.1) is 11.0 Å². The molecule has 1 rings (SSSR count). The lowest BCUT2D eigenvalue weighted by Crippen LogP contribution is -2.32. The van der Waals surface area contributed by atoms with Crippen LogP contribution in [-0.2, 0) is 14.8 Å². The van der Waals surface area contributed by atoms with Crippen LogP contribution in [0.2, 0.25) is 0 Å². The number of rotatable bonds is 3. The zero-order valence-electron chi connectivity index (χ0n) is 9.01. The molecule has 0 spiro atoms. The fraction of sp³-hybridized carbons (Fsp3) is 0.300. The van der Waals surface area contributed by atoms with E-state index in [-0.39, 0.29) is 16.2 Å². The molecule has 0 aromatic heterocycles. The Balaban J connectivity index is 2.78. The quantitative estimate of drug-likeness (QED) is 0.839. The largest absolute Gasteiger partial charge is 0.468 e. The minimum absolute atomic E-state index is 0.140. The molecule has 0 saturated carbocycles. The normalized spacial score (nSPS) is 11.2. The Morgan fingerprint density at radius 3 is 2.38 bits per heavy atom. The Kier molecular flexibility index (Phi) is 4.26. The molecule has 1 N–H and O–H groups in total. The molecule has 0 radical (unpaired) electrons. The SMILES string of the molecule is CC(C)OC(=S)NS(=O)(=O)c1ccccc1. The van der Waals surface area contributed by atoms with Gasteiger partial charge in [-0.05, 0) is 38.2 Å². The third kappa shape index (κ3) is 3.79. The maximum atomic E-state index is 11.7. The van der Waals surface area contributed by atoms with Crippen molar-refractivity contribution in [3.63, 3.8) is 0 Å². The molecule has 1 aromatic carbocycles. The van der Waals surface area contributed by atoms with E-state index in [2.05, 4.69) is 4.72 Å². The number of nitrogens with one attached hydrogen (secondary N) is 1. The summed E-state index contributed by atoms with van der Waals surface area (Å²) < 4.78 is 30.7. The average molecular weight is 259 g/mol. The zero-order valence-corrected chi connectivity index (χ0v) is 10.6. The van der Waals surface area contributed by atoms with Gasteiger partial charge >= 0.3 is 0 Å². The number of ether oxygens (including phenoxy) is 1. The molecule has 0 unspecified atom stereocenters. The van der Waals surface area contributed by atoms with E-state index < -0.39 is 10.0 Å². The highest BCUT2D eigenvalue weighted by Gasteiger charge is 2.15. The van der Waals surface area contributed by atoms with Crippen molar-refractivity contribution in [2.75, 3.05) is 0 Å². The van der Waals surface area contributed by atoms with Crippen LogP contribution in [0.5, 0.6) is 0 Å². The van der Waals surface area contributed by atoms with Crippen LogP contribution >= 0.6 is 12.2 Å². The predicted molar refractivity (Wildman–Crippen MR) is 65.6 cm³/mol. The van der Waals surface area contributed by atoms with Crippen molar-refractivity contribution in [3.05, 3.63) is 30.3 Å². The van der Waals surface area contributed by atoms with Crippen LogP contribution in [0.25, 0.3) is 0 Å². The minimum atomic E-state index is -3.62. The van der Waals surface area contributed by atoms with Gasteiger partial charge < -0.3 is 4.74 Å². The first-order valence-corrected chi connectivity index (χ1v) is 6.59. The molecular weight excluding hydrogens is 246 g/mol. The first-order chi connectivity index (χ1) is 7.42. The molecule has 0 fully saturated rings. The van der Waals surface area contributed by atoms with Crippen LogP contribution < -0.4 is 4.72 Å². The summed E-state index contributed by atoms with van der Waals surface area (Å²) in [6, 6.07) is 7.99. The first-order valence-electron chi connectivity index (χ1n) is 4.70. The van der Waals surface area contributed by atoms with Crippen molar-refractivity contribution < 1.29 is 13.2 Å². The van der Waals surface area contributed by atoms with E-state index in [1.165, 1.54) is 12.1 Å². The molecule has 4 nitrogen and oxygen atoms in total. The third-order valence-electron chi connectivity index (χ3n) is 1.61. The molecule has 0 atom stereocenters. The maximum Gasteiger partial charge on any atom is 0.271 e. The topological polar surface area (TPSA) is 55.4 Å². The molecule has 0 amide bonds. The van der Waals surface area contributed by atoms with E-state index in [0.717, 1.165) is 0 Å². The summed E-state index contributed by atoms with van der Waals surface area (Å²) in [5, 5.41) is -0.140. The highest BCUT2D eigenvalue weighted by atomic mass is 32.2. The lowest BCUT2D eigenvalue weighted by molar-refractivity contribution is 0.229. The summed E-state index contributed by atoms with van der Waals surface area (Å²) >= 11 is 4.77. The fourth-order valence-electron chi connectivity index (χ4n) is 1.01. The molecule has 16 heavy (non-hydrogen) atoms. The monoisotopic (exact) mass is 259 g/mol. The van der Waals surface area contributed by atoms with Crippen molar-refractivity contribution >= 4 is 27.4 Å². The number of benzene rings is 1. The van der Waals surface area contributed by atoms with E-state index in [1.54, 1.807) is 32.0 Å². The lowest BCUT2D eigenvalue weighted by Gasteiger charge is -2.12. The summed E-state index contributed by atoms with van der Waals surface area (Å²) in [6.45, 7) is 3.53. The molecule has 0 bridgehead atoms. The van der Waals surface area contributed by atoms with Crippen LogP contribution in [-0.4, -0.2) is 19.7 Å². The van der Waals surface area contributed by atoms with E-state index in [9.17, 15) is 8.42 Å². The summed E-state index contributed by atoms with van der Waals surface area (Å²) in [5.74, 6) is 0. The Labute approximate surface area is 101 Å². The summed E-state index contributed by atoms with van der Waals surface area (Å²) in [7, 11) is -3.62. The average Bonchev–Trinajstić information content (AvgIpc) is 2.16. The molecule has 0 aliphatic rings. The minimum Gasteiger partial charge on any atom is -0.468 e. The first kappa shape index (κ1) is 12.9. The van der Waals surface area contributed by atoms with Gasteiger partial charge in [-0.1, -0.05) is 18.2 Å². The number of thiocarbonyl (C=S) groups is 1. The van der Waals surface area contributed by atoms with E-state index in [4.69, 9.17) is 17.0 Å². The van der Waals surface area contributed by atoms with Crippen molar-refractivity contribution in [2.45, 2.75) is 24.8 Å². The summed E-state index contributed by atoms with van der Waals surface area (Å²) in [5.41, 5.74) is 0. The van der Waals surface area contributed by atoms with Crippen molar-refractivity contribution in [1.29, 1.82) is 0 Å². The number of sulfonamides is 1. The number of hydrogen-bond donors (Lipinski definition) is 1. The summed E-state index contributed by atoms with van der Waals surface area (Å²) in [6.07, 6.45) is -0.161. The second-order valence-corrected chi connectivity index (χ2v) is 5.43. The molecule has 88 valence electrons. The summed E-state index contributed by atoms with van der Waals surface area (Å²) in [4.78, 5) is 0.157. The Morgan fingerprint density at radius 1 is 1.31 bits per heavy atom. The molecule has 0 heterocycles. The van der Waals surface area contributed by atoms with E-state index >= 15 is 0 Å². The van der Waals surface area contributed by atoms with Crippen molar-refractivity contribution in [3.8, 4) is 0 Å². The third-order valence-corrected chi connectivity index (χ3v) is 3.29. The molecule has 6 heteroatoms. The molecule has 0 aliphatic carbocycles. The van der Waals surface area contributed by atoms with Crippen LogP contribution in [0.4, 0.5) is 0 Å². The highest BCUT2D eigenvalue weighted by Crippen LogP contribution is 2.07. The van der Waals surface area contributed by atoms with Gasteiger partial charge in [0.25, 0.3) is 15.2 Å².